The Morgan fingerprint density at radius 2 is 1.16 bits per heavy atom. The van der Waals surface area contributed by atoms with E-state index >= 15 is 0 Å². The summed E-state index contributed by atoms with van der Waals surface area (Å²) in [5, 5.41) is 0. The van der Waals surface area contributed by atoms with Crippen molar-refractivity contribution < 1.29 is 50.2 Å². The number of hydrogen-bond donors (Lipinski definition) is 1. The molecule has 0 spiro atoms. The molecule has 3 aromatic rings. The molecule has 1 unspecified atom stereocenters. The van der Waals surface area contributed by atoms with Gasteiger partial charge in [0.15, 0.2) is 40.6 Å². The van der Waals surface area contributed by atoms with Crippen molar-refractivity contribution in [3.63, 3.8) is 0 Å². The van der Waals surface area contributed by atoms with Gasteiger partial charge in [-0.05, 0) is 35.7 Å². The molecule has 1 atom stereocenters. The number of carbonyl (C=O) groups is 3. The van der Waals surface area contributed by atoms with Gasteiger partial charge in [-0.3, -0.25) is 4.79 Å². The molecule has 200 valence electrons. The van der Waals surface area contributed by atoms with Gasteiger partial charge in [-0.1, -0.05) is 20.8 Å². The van der Waals surface area contributed by atoms with Crippen molar-refractivity contribution in [1.82, 2.24) is 0 Å². The lowest BCUT2D eigenvalue weighted by atomic mass is 9.83. The molecule has 0 saturated carbocycles. The molecule has 2 N–H and O–H groups in total. The summed E-state index contributed by atoms with van der Waals surface area (Å²) < 4.78 is 92.3. The number of hydrogen-bond acceptors (Lipinski definition) is 6. The van der Waals surface area contributed by atoms with Crippen LogP contribution in [0.1, 0.15) is 51.8 Å². The predicted octanol–water partition coefficient (Wildman–Crippen LogP) is 5.52. The van der Waals surface area contributed by atoms with E-state index in [1.54, 1.807) is 20.8 Å². The molecule has 0 fully saturated rings. The molecule has 3 aromatic carbocycles. The maximum absolute atomic E-state index is 14.1. The van der Waals surface area contributed by atoms with E-state index in [0.29, 0.717) is 12.1 Å². The highest BCUT2D eigenvalue weighted by molar-refractivity contribution is 6.01. The summed E-state index contributed by atoms with van der Waals surface area (Å²) in [5.41, 5.74) is 2.74. The van der Waals surface area contributed by atoms with Crippen molar-refractivity contribution in [3.8, 4) is 11.5 Å². The Morgan fingerprint density at radius 1 is 0.711 bits per heavy atom. The van der Waals surface area contributed by atoms with Crippen LogP contribution >= 0.6 is 0 Å². The number of rotatable bonds is 6. The van der Waals surface area contributed by atoms with Gasteiger partial charge in [0.2, 0.25) is 0 Å². The Labute approximate surface area is 212 Å². The number of benzene rings is 3. The number of nitrogens with two attached hydrogens (primary N) is 1. The van der Waals surface area contributed by atoms with E-state index < -0.39 is 86.7 Å². The van der Waals surface area contributed by atoms with Gasteiger partial charge < -0.3 is 15.2 Å². The van der Waals surface area contributed by atoms with E-state index in [0.717, 1.165) is 18.2 Å². The number of ether oxygens (including phenoxy) is 2. The van der Waals surface area contributed by atoms with Crippen molar-refractivity contribution in [2.45, 2.75) is 26.8 Å². The third-order valence-electron chi connectivity index (χ3n) is 5.27. The Hall–Kier alpha value is -4.19. The predicted molar refractivity (Wildman–Crippen MR) is 121 cm³/mol. The van der Waals surface area contributed by atoms with Gasteiger partial charge in [-0.15, -0.1) is 0 Å². The molecule has 12 heteroatoms. The molecular weight excluding hydrogens is 520 g/mol. The van der Waals surface area contributed by atoms with Crippen LogP contribution in [0, 0.1) is 40.3 Å². The van der Waals surface area contributed by atoms with E-state index in [1.807, 2.05) is 0 Å². The first kappa shape index (κ1) is 28.4. The number of carbonyl (C=O) groups excluding carboxylic acids is 3. The molecule has 0 amide bonds. The molecular formula is C26H19F6NO5. The summed E-state index contributed by atoms with van der Waals surface area (Å²) in [6.07, 6.45) is 0. The molecule has 3 rings (SSSR count). The Balaban J connectivity index is 2.06. The van der Waals surface area contributed by atoms with E-state index in [2.05, 4.69) is 0 Å². The van der Waals surface area contributed by atoms with Gasteiger partial charge >= 0.3 is 11.9 Å². The topological polar surface area (TPSA) is 95.7 Å². The van der Waals surface area contributed by atoms with E-state index in [9.17, 15) is 40.7 Å². The van der Waals surface area contributed by atoms with Gasteiger partial charge in [-0.25, -0.2) is 35.9 Å². The Morgan fingerprint density at radius 3 is 1.61 bits per heavy atom. The summed E-state index contributed by atoms with van der Waals surface area (Å²) in [5.74, 6) is -14.9. The van der Waals surface area contributed by atoms with Gasteiger partial charge in [0.1, 0.15) is 22.8 Å². The fourth-order valence-corrected chi connectivity index (χ4v) is 3.12. The molecule has 0 aromatic heterocycles. The maximum atomic E-state index is 14.1. The minimum atomic E-state index is -1.76. The van der Waals surface area contributed by atoms with Gasteiger partial charge in [0.25, 0.3) is 0 Å². The summed E-state index contributed by atoms with van der Waals surface area (Å²) in [4.78, 5) is 37.9. The Kier molecular flexibility index (Phi) is 7.96. The van der Waals surface area contributed by atoms with Crippen LogP contribution in [0.15, 0.2) is 42.5 Å². The van der Waals surface area contributed by atoms with E-state index in [1.165, 1.54) is 0 Å². The fraction of sp³-hybridized carbons (Fsp3) is 0.192. The van der Waals surface area contributed by atoms with Crippen LogP contribution in [0.2, 0.25) is 0 Å². The van der Waals surface area contributed by atoms with Crippen LogP contribution in [0.3, 0.4) is 0 Å². The second-order valence-corrected chi connectivity index (χ2v) is 9.15. The van der Waals surface area contributed by atoms with Crippen molar-refractivity contribution in [3.05, 3.63) is 94.1 Å². The minimum absolute atomic E-state index is 0.177. The number of Topliss-reactive ketones (excluding diaryl/α,β-unsaturated/α-hetero) is 1. The quantitative estimate of drug-likeness (QED) is 0.146. The summed E-state index contributed by atoms with van der Waals surface area (Å²) in [6.45, 7) is 5.00. The first-order valence-corrected chi connectivity index (χ1v) is 10.8. The molecule has 0 aliphatic carbocycles. The standard InChI is InChI=1S/C26H19F6NO5/c1-26(2,3)23(33)22(34)11-4-5-18(37-24(35)14-7-12(27)9-16(29)20(14)31)19(6-11)38-25(36)15-8-13(28)10-17(30)21(15)32/h4-10,23H,33H2,1-3H3. The van der Waals surface area contributed by atoms with Crippen LogP contribution in [0.4, 0.5) is 26.3 Å². The third-order valence-corrected chi connectivity index (χ3v) is 5.27. The molecule has 6 nitrogen and oxygen atoms in total. The highest BCUT2D eigenvalue weighted by Gasteiger charge is 2.30. The van der Waals surface area contributed by atoms with Crippen LogP contribution in [0.25, 0.3) is 0 Å². The lowest BCUT2D eigenvalue weighted by molar-refractivity contribution is 0.0675. The average molecular weight is 539 g/mol. The number of esters is 2. The first-order chi connectivity index (χ1) is 17.6. The van der Waals surface area contributed by atoms with Crippen molar-refractivity contribution >= 4 is 17.7 Å². The highest BCUT2D eigenvalue weighted by Crippen LogP contribution is 2.32. The number of halogens is 6. The molecule has 0 saturated heterocycles. The summed E-state index contributed by atoms with van der Waals surface area (Å²) in [7, 11) is 0. The van der Waals surface area contributed by atoms with Crippen LogP contribution in [0.5, 0.6) is 11.5 Å². The maximum Gasteiger partial charge on any atom is 0.346 e. The largest absolute Gasteiger partial charge is 0.419 e. The first-order valence-electron chi connectivity index (χ1n) is 10.8. The fourth-order valence-electron chi connectivity index (χ4n) is 3.12. The second-order valence-electron chi connectivity index (χ2n) is 9.15. The molecule has 0 radical (unpaired) electrons. The normalized spacial score (nSPS) is 12.2. The zero-order valence-corrected chi connectivity index (χ0v) is 20.0. The Bertz CT molecular complexity index is 1450. The lowest BCUT2D eigenvalue weighted by Crippen LogP contribution is -2.42. The van der Waals surface area contributed by atoms with E-state index in [-0.39, 0.29) is 17.7 Å². The van der Waals surface area contributed by atoms with Gasteiger partial charge in [0, 0.05) is 17.7 Å². The molecule has 0 heterocycles. The zero-order valence-electron chi connectivity index (χ0n) is 20.0. The van der Waals surface area contributed by atoms with Gasteiger partial charge in [-0.2, -0.15) is 0 Å². The molecule has 0 aliphatic rings. The monoisotopic (exact) mass is 539 g/mol. The SMILES string of the molecule is CC(C)(C)C(N)C(=O)c1ccc(OC(=O)c2cc(F)cc(F)c2F)c(OC(=O)c2cc(F)cc(F)c2F)c1. The lowest BCUT2D eigenvalue weighted by Gasteiger charge is -2.25. The van der Waals surface area contributed by atoms with E-state index in [4.69, 9.17) is 15.2 Å². The molecule has 0 bridgehead atoms. The summed E-state index contributed by atoms with van der Waals surface area (Å²) >= 11 is 0. The van der Waals surface area contributed by atoms with Crippen LogP contribution < -0.4 is 15.2 Å². The molecule has 38 heavy (non-hydrogen) atoms. The van der Waals surface area contributed by atoms with Crippen LogP contribution in [-0.2, 0) is 0 Å². The van der Waals surface area contributed by atoms with Gasteiger partial charge in [0.05, 0.1) is 6.04 Å². The number of ketones is 1. The minimum Gasteiger partial charge on any atom is -0.419 e. The average Bonchev–Trinajstić information content (AvgIpc) is 2.82. The summed E-state index contributed by atoms with van der Waals surface area (Å²) in [6, 6.07) is 2.85. The highest BCUT2D eigenvalue weighted by atomic mass is 19.2. The third kappa shape index (κ3) is 6.02. The van der Waals surface area contributed by atoms with Crippen molar-refractivity contribution in [2.24, 2.45) is 11.1 Å². The molecule has 0 aliphatic heterocycles. The van der Waals surface area contributed by atoms with Crippen molar-refractivity contribution in [2.75, 3.05) is 0 Å². The zero-order chi connectivity index (χ0) is 28.5. The van der Waals surface area contributed by atoms with Crippen molar-refractivity contribution in [1.29, 1.82) is 0 Å². The van der Waals surface area contributed by atoms with Crippen LogP contribution in [-0.4, -0.2) is 23.8 Å². The second kappa shape index (κ2) is 10.7. The smallest absolute Gasteiger partial charge is 0.346 e.